The summed E-state index contributed by atoms with van der Waals surface area (Å²) in [5, 5.41) is 7.77. The van der Waals surface area contributed by atoms with E-state index in [-0.39, 0.29) is 0 Å². The van der Waals surface area contributed by atoms with E-state index in [0.717, 1.165) is 5.92 Å². The molecule has 0 saturated heterocycles. The van der Waals surface area contributed by atoms with Gasteiger partial charge in [0.1, 0.15) is 0 Å². The molecule has 1 aromatic rings. The first-order valence-electron chi connectivity index (χ1n) is 4.96. The summed E-state index contributed by atoms with van der Waals surface area (Å²) in [5.41, 5.74) is 1.48. The Morgan fingerprint density at radius 3 is 2.77 bits per heavy atom. The predicted octanol–water partition coefficient (Wildman–Crippen LogP) is 2.92. The molecule has 2 heteroatoms. The maximum absolute atomic E-state index is 3.37. The molecule has 0 saturated carbocycles. The molecule has 74 valence electrons. The molecule has 1 nitrogen and oxygen atoms in total. The highest BCUT2D eigenvalue weighted by atomic mass is 32.1. The van der Waals surface area contributed by atoms with Crippen LogP contribution in [0.4, 0.5) is 0 Å². The van der Waals surface area contributed by atoms with Crippen LogP contribution in [0.15, 0.2) is 16.8 Å². The molecule has 2 unspecified atom stereocenters. The van der Waals surface area contributed by atoms with Crippen molar-refractivity contribution in [1.29, 1.82) is 0 Å². The summed E-state index contributed by atoms with van der Waals surface area (Å²) in [5.74, 6) is 0.726. The van der Waals surface area contributed by atoms with Crippen molar-refractivity contribution in [2.24, 2.45) is 5.92 Å². The van der Waals surface area contributed by atoms with Crippen LogP contribution < -0.4 is 5.32 Å². The molecule has 0 aliphatic heterocycles. The van der Waals surface area contributed by atoms with E-state index >= 15 is 0 Å². The molecular formula is C11H19NS. The summed E-state index contributed by atoms with van der Waals surface area (Å²) in [7, 11) is 2.05. The van der Waals surface area contributed by atoms with E-state index in [1.807, 2.05) is 0 Å². The van der Waals surface area contributed by atoms with Gasteiger partial charge in [0.05, 0.1) is 0 Å². The van der Waals surface area contributed by atoms with Crippen molar-refractivity contribution in [3.63, 3.8) is 0 Å². The van der Waals surface area contributed by atoms with Gasteiger partial charge in [0, 0.05) is 6.04 Å². The molecule has 0 fully saturated rings. The SMILES string of the molecule is CCC(NC)C(C)Cc1ccsc1. The molecule has 1 aromatic heterocycles. The summed E-state index contributed by atoms with van der Waals surface area (Å²) < 4.78 is 0. The van der Waals surface area contributed by atoms with Gasteiger partial charge in [0.2, 0.25) is 0 Å². The van der Waals surface area contributed by atoms with E-state index in [0.29, 0.717) is 6.04 Å². The quantitative estimate of drug-likeness (QED) is 0.765. The monoisotopic (exact) mass is 197 g/mol. The smallest absolute Gasteiger partial charge is 0.00902 e. The lowest BCUT2D eigenvalue weighted by molar-refractivity contribution is 0.387. The fraction of sp³-hybridized carbons (Fsp3) is 0.636. The molecule has 13 heavy (non-hydrogen) atoms. The van der Waals surface area contributed by atoms with Gasteiger partial charge < -0.3 is 5.32 Å². The summed E-state index contributed by atoms with van der Waals surface area (Å²) in [6.45, 7) is 4.56. The van der Waals surface area contributed by atoms with Crippen LogP contribution in [0.1, 0.15) is 25.8 Å². The first-order valence-corrected chi connectivity index (χ1v) is 5.90. The topological polar surface area (TPSA) is 12.0 Å². The zero-order valence-corrected chi connectivity index (χ0v) is 9.53. The lowest BCUT2D eigenvalue weighted by atomic mass is 9.94. The molecule has 0 amide bonds. The fourth-order valence-corrected chi connectivity index (χ4v) is 2.50. The fourth-order valence-electron chi connectivity index (χ4n) is 1.81. The highest BCUT2D eigenvalue weighted by Gasteiger charge is 2.13. The summed E-state index contributed by atoms with van der Waals surface area (Å²) in [6.07, 6.45) is 2.41. The van der Waals surface area contributed by atoms with Crippen LogP contribution >= 0.6 is 11.3 Å². The Hall–Kier alpha value is -0.340. The van der Waals surface area contributed by atoms with Crippen molar-refractivity contribution in [2.75, 3.05) is 7.05 Å². The average molecular weight is 197 g/mol. The van der Waals surface area contributed by atoms with Crippen LogP contribution in [-0.4, -0.2) is 13.1 Å². The lowest BCUT2D eigenvalue weighted by Crippen LogP contribution is -2.32. The minimum atomic E-state index is 0.653. The number of thiophene rings is 1. The van der Waals surface area contributed by atoms with Crippen LogP contribution in [0.3, 0.4) is 0 Å². The standard InChI is InChI=1S/C11H19NS/c1-4-11(12-3)9(2)7-10-5-6-13-8-10/h5-6,8-9,11-12H,4,7H2,1-3H3. The molecule has 0 aliphatic carbocycles. The highest BCUT2D eigenvalue weighted by Crippen LogP contribution is 2.16. The van der Waals surface area contributed by atoms with Crippen LogP contribution in [0.25, 0.3) is 0 Å². The molecule has 0 aromatic carbocycles. The Bertz CT molecular complexity index is 214. The van der Waals surface area contributed by atoms with E-state index in [9.17, 15) is 0 Å². The molecule has 1 heterocycles. The van der Waals surface area contributed by atoms with Crippen LogP contribution in [0.2, 0.25) is 0 Å². The number of hydrogen-bond acceptors (Lipinski definition) is 2. The predicted molar refractivity (Wildman–Crippen MR) is 60.3 cm³/mol. The van der Waals surface area contributed by atoms with Gasteiger partial charge in [-0.05, 0) is 48.2 Å². The molecule has 0 radical (unpaired) electrons. The van der Waals surface area contributed by atoms with Gasteiger partial charge in [-0.25, -0.2) is 0 Å². The third-order valence-corrected chi connectivity index (χ3v) is 3.37. The Morgan fingerprint density at radius 2 is 2.31 bits per heavy atom. The number of hydrogen-bond donors (Lipinski definition) is 1. The lowest BCUT2D eigenvalue weighted by Gasteiger charge is -2.21. The minimum Gasteiger partial charge on any atom is -0.317 e. The van der Waals surface area contributed by atoms with Crippen molar-refractivity contribution < 1.29 is 0 Å². The van der Waals surface area contributed by atoms with E-state index < -0.39 is 0 Å². The normalized spacial score (nSPS) is 15.6. The molecule has 1 rings (SSSR count). The third kappa shape index (κ3) is 3.12. The van der Waals surface area contributed by atoms with Gasteiger partial charge in [-0.1, -0.05) is 13.8 Å². The van der Waals surface area contributed by atoms with Crippen LogP contribution in [0.5, 0.6) is 0 Å². The van der Waals surface area contributed by atoms with Crippen molar-refractivity contribution in [3.8, 4) is 0 Å². The van der Waals surface area contributed by atoms with Gasteiger partial charge in [0.25, 0.3) is 0 Å². The van der Waals surface area contributed by atoms with Crippen molar-refractivity contribution in [1.82, 2.24) is 5.32 Å². The second-order valence-corrected chi connectivity index (χ2v) is 4.40. The maximum atomic E-state index is 3.37. The number of rotatable bonds is 5. The Labute approximate surface area is 85.2 Å². The zero-order valence-electron chi connectivity index (χ0n) is 8.71. The minimum absolute atomic E-state index is 0.653. The van der Waals surface area contributed by atoms with E-state index in [4.69, 9.17) is 0 Å². The first kappa shape index (κ1) is 10.7. The summed E-state index contributed by atoms with van der Waals surface area (Å²) in [4.78, 5) is 0. The van der Waals surface area contributed by atoms with Crippen LogP contribution in [-0.2, 0) is 6.42 Å². The van der Waals surface area contributed by atoms with E-state index in [1.165, 1.54) is 18.4 Å². The van der Waals surface area contributed by atoms with Crippen molar-refractivity contribution in [3.05, 3.63) is 22.4 Å². The van der Waals surface area contributed by atoms with Crippen molar-refractivity contribution >= 4 is 11.3 Å². The van der Waals surface area contributed by atoms with Gasteiger partial charge in [-0.2, -0.15) is 11.3 Å². The zero-order chi connectivity index (χ0) is 9.68. The summed E-state index contributed by atoms with van der Waals surface area (Å²) in [6, 6.07) is 2.88. The highest BCUT2D eigenvalue weighted by molar-refractivity contribution is 7.07. The Morgan fingerprint density at radius 1 is 1.54 bits per heavy atom. The molecular weight excluding hydrogens is 178 g/mol. The first-order chi connectivity index (χ1) is 6.27. The van der Waals surface area contributed by atoms with Gasteiger partial charge in [0.15, 0.2) is 0 Å². The molecule has 0 bridgehead atoms. The molecule has 1 N–H and O–H groups in total. The van der Waals surface area contributed by atoms with E-state index in [1.54, 1.807) is 11.3 Å². The molecule has 0 spiro atoms. The maximum Gasteiger partial charge on any atom is 0.00902 e. The van der Waals surface area contributed by atoms with E-state index in [2.05, 4.69) is 43.0 Å². The van der Waals surface area contributed by atoms with Gasteiger partial charge in [-0.15, -0.1) is 0 Å². The molecule has 0 aliphatic rings. The second-order valence-electron chi connectivity index (χ2n) is 3.62. The van der Waals surface area contributed by atoms with Crippen molar-refractivity contribution in [2.45, 2.75) is 32.7 Å². The average Bonchev–Trinajstić information content (AvgIpc) is 2.59. The van der Waals surface area contributed by atoms with Crippen LogP contribution in [0, 0.1) is 5.92 Å². The third-order valence-electron chi connectivity index (χ3n) is 2.64. The number of nitrogens with one attached hydrogen (secondary N) is 1. The second kappa shape index (κ2) is 5.40. The summed E-state index contributed by atoms with van der Waals surface area (Å²) >= 11 is 1.79. The van der Waals surface area contributed by atoms with Gasteiger partial charge >= 0.3 is 0 Å². The largest absolute Gasteiger partial charge is 0.317 e. The Kier molecular flexibility index (Phi) is 4.46. The molecule has 2 atom stereocenters. The van der Waals surface area contributed by atoms with Gasteiger partial charge in [-0.3, -0.25) is 0 Å². The Balaban J connectivity index is 2.44.